The maximum absolute atomic E-state index is 14.3. The zero-order valence-corrected chi connectivity index (χ0v) is 25.1. The molecular weight excluding hydrogens is 552 g/mol. The minimum atomic E-state index is -1.73. The number of nitrogens with one attached hydrogen (secondary N) is 2. The largest absolute Gasteiger partial charge is 0.497 e. The van der Waals surface area contributed by atoms with E-state index in [4.69, 9.17) is 19.9 Å². The first-order valence-corrected chi connectivity index (χ1v) is 14.7. The second-order valence-corrected chi connectivity index (χ2v) is 11.4. The van der Waals surface area contributed by atoms with E-state index in [1.807, 2.05) is 35.2 Å². The zero-order valence-electron chi connectivity index (χ0n) is 25.1. The molecular formula is C32H42N4O7. The van der Waals surface area contributed by atoms with E-state index in [9.17, 15) is 19.2 Å². The smallest absolute Gasteiger partial charge is 0.244 e. The number of ketones is 1. The van der Waals surface area contributed by atoms with Crippen molar-refractivity contribution in [1.82, 2.24) is 15.5 Å². The molecule has 3 amide bonds. The van der Waals surface area contributed by atoms with Crippen molar-refractivity contribution in [3.8, 4) is 5.75 Å². The summed E-state index contributed by atoms with van der Waals surface area (Å²) in [5.74, 6) is -2.58. The molecule has 0 saturated carbocycles. The summed E-state index contributed by atoms with van der Waals surface area (Å²) in [6.45, 7) is 5.85. The minimum Gasteiger partial charge on any atom is -0.497 e. The van der Waals surface area contributed by atoms with Crippen LogP contribution in [0.1, 0.15) is 31.4 Å². The van der Waals surface area contributed by atoms with Crippen LogP contribution in [0.4, 0.5) is 0 Å². The molecule has 2 aliphatic heterocycles. The zero-order chi connectivity index (χ0) is 31.0. The normalized spacial score (nSPS) is 21.1. The number of hydrogen-bond acceptors (Lipinski definition) is 8. The molecule has 43 heavy (non-hydrogen) atoms. The van der Waals surface area contributed by atoms with Crippen LogP contribution in [0.3, 0.4) is 0 Å². The molecule has 4 atom stereocenters. The van der Waals surface area contributed by atoms with Gasteiger partial charge in [-0.1, -0.05) is 49.4 Å². The van der Waals surface area contributed by atoms with E-state index in [-0.39, 0.29) is 38.2 Å². The average molecular weight is 595 g/mol. The van der Waals surface area contributed by atoms with Crippen LogP contribution >= 0.6 is 0 Å². The molecule has 0 bridgehead atoms. The second kappa shape index (κ2) is 14.1. The van der Waals surface area contributed by atoms with E-state index in [2.05, 4.69) is 10.6 Å². The lowest BCUT2D eigenvalue weighted by Crippen LogP contribution is -2.67. The Kier molecular flexibility index (Phi) is 10.5. The van der Waals surface area contributed by atoms with Gasteiger partial charge in [0.1, 0.15) is 16.9 Å². The Morgan fingerprint density at radius 1 is 1.02 bits per heavy atom. The van der Waals surface area contributed by atoms with Gasteiger partial charge in [0.05, 0.1) is 45.4 Å². The average Bonchev–Trinajstić information content (AvgIpc) is 3.77. The fraction of sp³-hybridized carbons (Fsp3) is 0.500. The van der Waals surface area contributed by atoms with Crippen molar-refractivity contribution >= 4 is 23.5 Å². The third-order valence-electron chi connectivity index (χ3n) is 8.36. The van der Waals surface area contributed by atoms with E-state index in [1.54, 1.807) is 45.2 Å². The number of nitrogens with two attached hydrogens (primary N) is 1. The van der Waals surface area contributed by atoms with Crippen molar-refractivity contribution in [2.45, 2.75) is 50.3 Å². The Balaban J connectivity index is 1.66. The Labute approximate surface area is 252 Å². The lowest BCUT2D eigenvalue weighted by molar-refractivity contribution is -0.142. The van der Waals surface area contributed by atoms with E-state index < -0.39 is 40.8 Å². The number of ether oxygens (including phenoxy) is 3. The number of amides is 3. The molecule has 0 aliphatic carbocycles. The number of rotatable bonds is 15. The van der Waals surface area contributed by atoms with Crippen molar-refractivity contribution in [3.05, 3.63) is 65.7 Å². The van der Waals surface area contributed by atoms with Gasteiger partial charge in [0.25, 0.3) is 0 Å². The highest BCUT2D eigenvalue weighted by Crippen LogP contribution is 2.31. The van der Waals surface area contributed by atoms with Crippen LogP contribution in [0.15, 0.2) is 54.6 Å². The standard InChI is InChI=1S/C32H42N4O7/c1-4-32(30(33)40,35-27(37)20-36-14-16-42-17-15-36)25(18-23-10-12-24(41-3)13-11-23)29(39)34-26(28(38)31(2)21-43-31)19-22-8-6-5-7-9-22/h5-13,25-26H,4,14-21H2,1-3H3,(H2,33,40)(H,34,39)(H,35,37)/t25-,26+,31-,32?/m1/s1. The fourth-order valence-electron chi connectivity index (χ4n) is 5.52. The Morgan fingerprint density at radius 2 is 1.65 bits per heavy atom. The molecule has 232 valence electrons. The van der Waals surface area contributed by atoms with Crippen molar-refractivity contribution in [3.63, 3.8) is 0 Å². The predicted octanol–water partition coefficient (Wildman–Crippen LogP) is 1.02. The molecule has 2 saturated heterocycles. The van der Waals surface area contributed by atoms with Crippen molar-refractivity contribution in [2.24, 2.45) is 11.7 Å². The second-order valence-electron chi connectivity index (χ2n) is 11.4. The van der Waals surface area contributed by atoms with Gasteiger partial charge in [-0.3, -0.25) is 24.1 Å². The minimum absolute atomic E-state index is 0.0279. The number of carbonyl (C=O) groups is 4. The summed E-state index contributed by atoms with van der Waals surface area (Å²) >= 11 is 0. The number of nitrogens with zero attached hydrogens (tertiary/aromatic N) is 1. The van der Waals surface area contributed by atoms with Crippen LogP contribution in [0.25, 0.3) is 0 Å². The van der Waals surface area contributed by atoms with E-state index in [0.29, 0.717) is 32.1 Å². The summed E-state index contributed by atoms with van der Waals surface area (Å²) in [4.78, 5) is 56.4. The van der Waals surface area contributed by atoms with Crippen LogP contribution in [0, 0.1) is 5.92 Å². The van der Waals surface area contributed by atoms with Gasteiger partial charge in [0, 0.05) is 13.1 Å². The third kappa shape index (κ3) is 7.98. The number of Topliss-reactive ketones (excluding diaryl/α,β-unsaturated/α-hetero) is 1. The van der Waals surface area contributed by atoms with Crippen molar-refractivity contribution in [2.75, 3.05) is 46.6 Å². The number of morpholine rings is 1. The van der Waals surface area contributed by atoms with Gasteiger partial charge in [-0.25, -0.2) is 0 Å². The fourth-order valence-corrected chi connectivity index (χ4v) is 5.52. The molecule has 2 aromatic carbocycles. The maximum Gasteiger partial charge on any atom is 0.244 e. The Hall–Kier alpha value is -3.80. The molecule has 4 N–H and O–H groups in total. The van der Waals surface area contributed by atoms with E-state index >= 15 is 0 Å². The number of benzene rings is 2. The van der Waals surface area contributed by atoms with E-state index in [0.717, 1.165) is 11.1 Å². The summed E-state index contributed by atoms with van der Waals surface area (Å²) in [6.07, 6.45) is 0.368. The Morgan fingerprint density at radius 3 is 2.21 bits per heavy atom. The van der Waals surface area contributed by atoms with Gasteiger partial charge in [-0.05, 0) is 49.4 Å². The summed E-state index contributed by atoms with van der Waals surface area (Å²) in [5, 5.41) is 5.78. The third-order valence-corrected chi connectivity index (χ3v) is 8.36. The monoisotopic (exact) mass is 594 g/mol. The van der Waals surface area contributed by atoms with Crippen LogP contribution in [-0.4, -0.2) is 92.2 Å². The molecule has 2 aliphatic rings. The molecule has 4 rings (SSSR count). The van der Waals surface area contributed by atoms with Crippen LogP contribution in [-0.2, 0) is 41.5 Å². The SMILES string of the molecule is CCC(NC(=O)CN1CCOCC1)(C(N)=O)[C@H](Cc1ccc(OC)cc1)C(=O)N[C@@H](Cc1ccccc1)C(=O)[C@@]1(C)CO1. The molecule has 11 heteroatoms. The quantitative estimate of drug-likeness (QED) is 0.259. The first-order valence-electron chi connectivity index (χ1n) is 14.7. The molecule has 0 spiro atoms. The van der Waals surface area contributed by atoms with E-state index in [1.165, 1.54) is 0 Å². The lowest BCUT2D eigenvalue weighted by atomic mass is 9.76. The highest BCUT2D eigenvalue weighted by atomic mass is 16.6. The topological polar surface area (TPSA) is 153 Å². The molecule has 1 unspecified atom stereocenters. The van der Waals surface area contributed by atoms with Gasteiger partial charge in [-0.15, -0.1) is 0 Å². The van der Waals surface area contributed by atoms with Gasteiger partial charge >= 0.3 is 0 Å². The predicted molar refractivity (Wildman–Crippen MR) is 159 cm³/mol. The summed E-state index contributed by atoms with van der Waals surface area (Å²) in [5.41, 5.74) is 4.88. The van der Waals surface area contributed by atoms with Gasteiger partial charge in [0.15, 0.2) is 5.78 Å². The molecule has 2 heterocycles. The number of hydrogen-bond donors (Lipinski definition) is 3. The first kappa shape index (κ1) is 32.1. The number of carbonyl (C=O) groups excluding carboxylic acids is 4. The highest BCUT2D eigenvalue weighted by Gasteiger charge is 2.52. The summed E-state index contributed by atoms with van der Waals surface area (Å²) in [7, 11) is 1.55. The molecule has 2 fully saturated rings. The molecule has 0 aromatic heterocycles. The molecule has 11 nitrogen and oxygen atoms in total. The molecule has 2 aromatic rings. The first-order chi connectivity index (χ1) is 20.6. The van der Waals surface area contributed by atoms with Gasteiger partial charge < -0.3 is 30.6 Å². The lowest BCUT2D eigenvalue weighted by Gasteiger charge is -2.39. The molecule has 0 radical (unpaired) electrons. The van der Waals surface area contributed by atoms with Gasteiger partial charge in [-0.2, -0.15) is 0 Å². The number of epoxide rings is 1. The van der Waals surface area contributed by atoms with Crippen LogP contribution < -0.4 is 21.1 Å². The van der Waals surface area contributed by atoms with Crippen LogP contribution in [0.5, 0.6) is 5.75 Å². The maximum atomic E-state index is 14.3. The van der Waals surface area contributed by atoms with Crippen LogP contribution in [0.2, 0.25) is 0 Å². The summed E-state index contributed by atoms with van der Waals surface area (Å²) < 4.78 is 16.1. The Bertz CT molecular complexity index is 1280. The van der Waals surface area contributed by atoms with Crippen molar-refractivity contribution < 1.29 is 33.4 Å². The highest BCUT2D eigenvalue weighted by molar-refractivity contribution is 6.00. The summed E-state index contributed by atoms with van der Waals surface area (Å²) in [6, 6.07) is 15.5. The number of methoxy groups -OCH3 is 1. The van der Waals surface area contributed by atoms with Crippen molar-refractivity contribution in [1.29, 1.82) is 0 Å². The number of primary amides is 1. The van der Waals surface area contributed by atoms with Gasteiger partial charge in [0.2, 0.25) is 17.7 Å².